The Balaban J connectivity index is 1.82. The summed E-state index contributed by atoms with van der Waals surface area (Å²) in [5.74, 6) is 1.69. The van der Waals surface area contributed by atoms with Crippen molar-refractivity contribution < 1.29 is 5.11 Å². The van der Waals surface area contributed by atoms with Gasteiger partial charge < -0.3 is 9.67 Å². The maximum absolute atomic E-state index is 10.3. The van der Waals surface area contributed by atoms with Crippen molar-refractivity contribution in [3.05, 3.63) is 18.2 Å². The normalized spacial score (nSPS) is 19.0. The summed E-state index contributed by atoms with van der Waals surface area (Å²) in [5.41, 5.74) is 0. The average Bonchev–Trinajstić information content (AvgIpc) is 2.86. The maximum Gasteiger partial charge on any atom is 0.137 e. The number of aryl methyl sites for hydroxylation is 1. The van der Waals surface area contributed by atoms with Crippen molar-refractivity contribution in [1.29, 1.82) is 0 Å². The Morgan fingerprint density at radius 2 is 2.17 bits per heavy atom. The second-order valence-electron chi connectivity index (χ2n) is 5.58. The molecule has 1 aliphatic carbocycles. The van der Waals surface area contributed by atoms with E-state index in [0.29, 0.717) is 0 Å². The van der Waals surface area contributed by atoms with Crippen LogP contribution in [0.2, 0.25) is 0 Å². The number of aromatic nitrogens is 2. The summed E-state index contributed by atoms with van der Waals surface area (Å²) < 4.78 is 2.09. The van der Waals surface area contributed by atoms with Crippen molar-refractivity contribution in [2.45, 2.75) is 70.9 Å². The lowest BCUT2D eigenvalue weighted by molar-refractivity contribution is 0.138. The minimum Gasteiger partial charge on any atom is -0.385 e. The van der Waals surface area contributed by atoms with Crippen molar-refractivity contribution in [1.82, 2.24) is 9.55 Å². The van der Waals surface area contributed by atoms with Crippen LogP contribution in [0.4, 0.5) is 0 Å². The molecular formula is C15H26N2O. The minimum atomic E-state index is -0.381. The molecule has 1 saturated carbocycles. The van der Waals surface area contributed by atoms with Gasteiger partial charge in [0.05, 0.1) is 0 Å². The van der Waals surface area contributed by atoms with Crippen LogP contribution < -0.4 is 0 Å². The Labute approximate surface area is 110 Å². The van der Waals surface area contributed by atoms with Gasteiger partial charge in [0.1, 0.15) is 11.9 Å². The van der Waals surface area contributed by atoms with E-state index < -0.39 is 0 Å². The molecule has 1 unspecified atom stereocenters. The highest BCUT2D eigenvalue weighted by Gasteiger charge is 2.18. The van der Waals surface area contributed by atoms with Crippen molar-refractivity contribution >= 4 is 0 Å². The topological polar surface area (TPSA) is 38.0 Å². The fourth-order valence-corrected chi connectivity index (χ4v) is 3.05. The van der Waals surface area contributed by atoms with Crippen molar-refractivity contribution in [2.24, 2.45) is 5.92 Å². The molecule has 0 saturated heterocycles. The van der Waals surface area contributed by atoms with Gasteiger partial charge in [0.2, 0.25) is 0 Å². The lowest BCUT2D eigenvalue weighted by atomic mass is 9.85. The molecule has 1 fully saturated rings. The van der Waals surface area contributed by atoms with Gasteiger partial charge in [-0.2, -0.15) is 0 Å². The van der Waals surface area contributed by atoms with Crippen LogP contribution in [0.15, 0.2) is 12.4 Å². The first-order valence-electron chi connectivity index (χ1n) is 7.50. The largest absolute Gasteiger partial charge is 0.385 e. The Bertz CT molecular complexity index is 342. The first kappa shape index (κ1) is 13.6. The van der Waals surface area contributed by atoms with Crippen molar-refractivity contribution in [3.8, 4) is 0 Å². The van der Waals surface area contributed by atoms with Gasteiger partial charge in [-0.05, 0) is 25.2 Å². The molecular weight excluding hydrogens is 224 g/mol. The summed E-state index contributed by atoms with van der Waals surface area (Å²) in [4.78, 5) is 4.31. The number of hydrogen-bond donors (Lipinski definition) is 1. The molecule has 0 radical (unpaired) electrons. The third-order valence-corrected chi connectivity index (χ3v) is 4.08. The molecule has 0 spiro atoms. The van der Waals surface area contributed by atoms with Crippen LogP contribution in [0.1, 0.15) is 70.2 Å². The highest BCUT2D eigenvalue weighted by atomic mass is 16.3. The van der Waals surface area contributed by atoms with Gasteiger partial charge in [-0.25, -0.2) is 4.98 Å². The second kappa shape index (κ2) is 6.93. The zero-order chi connectivity index (χ0) is 12.8. The Morgan fingerprint density at radius 3 is 2.89 bits per heavy atom. The molecule has 1 aliphatic rings. The zero-order valence-corrected chi connectivity index (χ0v) is 11.5. The monoisotopic (exact) mass is 250 g/mol. The number of hydrogen-bond acceptors (Lipinski definition) is 2. The van der Waals surface area contributed by atoms with Crippen LogP contribution in [0.5, 0.6) is 0 Å². The predicted octanol–water partition coefficient (Wildman–Crippen LogP) is 3.69. The van der Waals surface area contributed by atoms with E-state index in [1.807, 2.05) is 6.20 Å². The van der Waals surface area contributed by atoms with Gasteiger partial charge in [-0.15, -0.1) is 0 Å². The molecule has 2 rings (SSSR count). The van der Waals surface area contributed by atoms with E-state index in [2.05, 4.69) is 16.5 Å². The molecule has 0 bridgehead atoms. The van der Waals surface area contributed by atoms with Crippen molar-refractivity contribution in [2.75, 3.05) is 0 Å². The first-order chi connectivity index (χ1) is 8.81. The van der Waals surface area contributed by atoms with E-state index in [1.165, 1.54) is 32.1 Å². The summed E-state index contributed by atoms with van der Waals surface area (Å²) in [6, 6.07) is 0. The SMILES string of the molecule is CCCn1ccnc1C(O)CCC1CCCCC1. The molecule has 1 heterocycles. The summed E-state index contributed by atoms with van der Waals surface area (Å²) in [6.07, 6.45) is 13.4. The van der Waals surface area contributed by atoms with Crippen LogP contribution in [0.3, 0.4) is 0 Å². The Kier molecular flexibility index (Phi) is 5.24. The Morgan fingerprint density at radius 1 is 1.39 bits per heavy atom. The molecule has 0 aliphatic heterocycles. The number of aliphatic hydroxyl groups excluding tert-OH is 1. The molecule has 3 nitrogen and oxygen atoms in total. The first-order valence-corrected chi connectivity index (χ1v) is 7.50. The maximum atomic E-state index is 10.3. The summed E-state index contributed by atoms with van der Waals surface area (Å²) in [6.45, 7) is 3.11. The van der Waals surface area contributed by atoms with E-state index >= 15 is 0 Å². The van der Waals surface area contributed by atoms with Gasteiger partial charge in [0.15, 0.2) is 0 Å². The fraction of sp³-hybridized carbons (Fsp3) is 0.800. The van der Waals surface area contributed by atoms with E-state index in [-0.39, 0.29) is 6.10 Å². The molecule has 0 amide bonds. The third-order valence-electron chi connectivity index (χ3n) is 4.08. The van der Waals surface area contributed by atoms with Crippen LogP contribution in [0, 0.1) is 5.92 Å². The van der Waals surface area contributed by atoms with Gasteiger partial charge in [0.25, 0.3) is 0 Å². The van der Waals surface area contributed by atoms with Gasteiger partial charge in [-0.3, -0.25) is 0 Å². The minimum absolute atomic E-state index is 0.381. The molecule has 1 aromatic heterocycles. The fourth-order valence-electron chi connectivity index (χ4n) is 3.05. The van der Waals surface area contributed by atoms with Crippen LogP contribution in [-0.4, -0.2) is 14.7 Å². The van der Waals surface area contributed by atoms with Gasteiger partial charge >= 0.3 is 0 Å². The van der Waals surface area contributed by atoms with E-state index in [1.54, 1.807) is 6.20 Å². The van der Waals surface area contributed by atoms with Crippen LogP contribution >= 0.6 is 0 Å². The highest BCUT2D eigenvalue weighted by molar-refractivity contribution is 4.96. The molecule has 18 heavy (non-hydrogen) atoms. The van der Waals surface area contributed by atoms with E-state index in [4.69, 9.17) is 0 Å². The Hall–Kier alpha value is -0.830. The third kappa shape index (κ3) is 3.58. The second-order valence-corrected chi connectivity index (χ2v) is 5.58. The van der Waals surface area contributed by atoms with Gasteiger partial charge in [0, 0.05) is 18.9 Å². The smallest absolute Gasteiger partial charge is 0.137 e. The van der Waals surface area contributed by atoms with Crippen LogP contribution in [-0.2, 0) is 6.54 Å². The molecule has 102 valence electrons. The standard InChI is InChI=1S/C15H26N2O/c1-2-11-17-12-10-16-15(17)14(18)9-8-13-6-4-3-5-7-13/h10,12-14,18H,2-9,11H2,1H3. The predicted molar refractivity (Wildman–Crippen MR) is 73.3 cm³/mol. The van der Waals surface area contributed by atoms with Gasteiger partial charge in [-0.1, -0.05) is 39.0 Å². The molecule has 3 heteroatoms. The summed E-state index contributed by atoms with van der Waals surface area (Å²) in [5, 5.41) is 10.3. The molecule has 1 atom stereocenters. The average molecular weight is 250 g/mol. The summed E-state index contributed by atoms with van der Waals surface area (Å²) in [7, 11) is 0. The number of rotatable bonds is 6. The number of aliphatic hydroxyl groups is 1. The van der Waals surface area contributed by atoms with E-state index in [0.717, 1.165) is 37.5 Å². The number of imidazole rings is 1. The summed E-state index contributed by atoms with van der Waals surface area (Å²) >= 11 is 0. The quantitative estimate of drug-likeness (QED) is 0.836. The van der Waals surface area contributed by atoms with Crippen LogP contribution in [0.25, 0.3) is 0 Å². The van der Waals surface area contributed by atoms with E-state index in [9.17, 15) is 5.11 Å². The number of nitrogens with zero attached hydrogens (tertiary/aromatic N) is 2. The van der Waals surface area contributed by atoms with Crippen molar-refractivity contribution in [3.63, 3.8) is 0 Å². The lowest BCUT2D eigenvalue weighted by Gasteiger charge is -2.22. The lowest BCUT2D eigenvalue weighted by Crippen LogP contribution is -2.12. The highest BCUT2D eigenvalue weighted by Crippen LogP contribution is 2.30. The molecule has 0 aromatic carbocycles. The molecule has 1 N–H and O–H groups in total. The molecule has 1 aromatic rings. The zero-order valence-electron chi connectivity index (χ0n) is 11.5.